The first-order chi connectivity index (χ1) is 9.85. The number of alkyl halides is 3. The van der Waals surface area contributed by atoms with E-state index >= 15 is 0 Å². The molecule has 2 aromatic rings. The second-order valence-corrected chi connectivity index (χ2v) is 7.70. The molecule has 1 nitrogen and oxygen atoms in total. The predicted molar refractivity (Wildman–Crippen MR) is 87.6 cm³/mol. The Morgan fingerprint density at radius 2 is 2.00 bits per heavy atom. The Balaban J connectivity index is 2.02. The minimum Gasteiger partial charge on any atom is -0.379 e. The van der Waals surface area contributed by atoms with Crippen LogP contribution in [0.4, 0.5) is 18.9 Å². The van der Waals surface area contributed by atoms with Crippen LogP contribution in [0, 0.1) is 0 Å². The first-order valence-electron chi connectivity index (χ1n) is 5.81. The van der Waals surface area contributed by atoms with Crippen molar-refractivity contribution in [1.29, 1.82) is 0 Å². The topological polar surface area (TPSA) is 12.0 Å². The molecule has 0 amide bonds. The molecule has 1 N–H and O–H groups in total. The van der Waals surface area contributed by atoms with Crippen molar-refractivity contribution in [2.24, 2.45) is 0 Å². The Morgan fingerprint density at radius 3 is 2.62 bits per heavy atom. The molecule has 21 heavy (non-hydrogen) atoms. The highest BCUT2D eigenvalue weighted by Gasteiger charge is 2.27. The Hall–Kier alpha value is -0.370. The zero-order valence-electron chi connectivity index (χ0n) is 10.5. The van der Waals surface area contributed by atoms with Crippen molar-refractivity contribution in [3.8, 4) is 0 Å². The highest BCUT2D eigenvalue weighted by atomic mass is 79.9. The van der Waals surface area contributed by atoms with Gasteiger partial charge in [0.2, 0.25) is 0 Å². The molecule has 0 aliphatic rings. The molecule has 0 saturated heterocycles. The van der Waals surface area contributed by atoms with Crippen LogP contribution in [-0.2, 0) is 6.54 Å². The van der Waals surface area contributed by atoms with E-state index in [9.17, 15) is 13.2 Å². The first kappa shape index (κ1) is 17.0. The average Bonchev–Trinajstić information content (AvgIpc) is 2.73. The van der Waals surface area contributed by atoms with E-state index in [4.69, 9.17) is 11.6 Å². The average molecular weight is 417 g/mol. The maximum Gasteiger partial charge on any atom is 0.398 e. The fourth-order valence-electron chi connectivity index (χ4n) is 1.56. The molecule has 0 fully saturated rings. The van der Waals surface area contributed by atoms with Gasteiger partial charge in [-0.05, 0) is 34.1 Å². The van der Waals surface area contributed by atoms with E-state index in [2.05, 4.69) is 21.2 Å². The maximum absolute atomic E-state index is 12.3. The van der Waals surface area contributed by atoms with E-state index in [1.807, 2.05) is 6.07 Å². The smallest absolute Gasteiger partial charge is 0.379 e. The molecule has 0 aliphatic carbocycles. The predicted octanol–water partition coefficient (Wildman–Crippen LogP) is 6.43. The molecule has 2 rings (SSSR count). The number of halogens is 5. The molecular weight excluding hydrogens is 407 g/mol. The van der Waals surface area contributed by atoms with Gasteiger partial charge in [-0.3, -0.25) is 0 Å². The molecular formula is C13H10BrClF3NS2. The number of nitrogens with one attached hydrogen (secondary N) is 1. The minimum atomic E-state index is -4.18. The van der Waals surface area contributed by atoms with Gasteiger partial charge in [0.05, 0.1) is 5.75 Å². The number of para-hydroxylation sites is 1. The zero-order valence-corrected chi connectivity index (χ0v) is 14.5. The van der Waals surface area contributed by atoms with Gasteiger partial charge in [0, 0.05) is 26.5 Å². The van der Waals surface area contributed by atoms with E-state index in [1.165, 1.54) is 11.3 Å². The molecule has 0 atom stereocenters. The van der Waals surface area contributed by atoms with Crippen molar-refractivity contribution in [2.75, 3.05) is 11.1 Å². The lowest BCUT2D eigenvalue weighted by atomic mass is 10.3. The molecule has 0 spiro atoms. The van der Waals surface area contributed by atoms with Crippen molar-refractivity contribution >= 4 is 56.3 Å². The number of rotatable bonds is 5. The molecule has 0 aliphatic heterocycles. The van der Waals surface area contributed by atoms with Crippen molar-refractivity contribution in [2.45, 2.75) is 17.6 Å². The Kier molecular flexibility index (Phi) is 5.88. The highest BCUT2D eigenvalue weighted by Crippen LogP contribution is 2.34. The lowest BCUT2D eigenvalue weighted by Crippen LogP contribution is -2.11. The third-order valence-corrected chi connectivity index (χ3v) is 6.04. The summed E-state index contributed by atoms with van der Waals surface area (Å²) in [4.78, 5) is 1.58. The Bertz CT molecular complexity index is 596. The van der Waals surface area contributed by atoms with Gasteiger partial charge in [0.1, 0.15) is 4.34 Å². The van der Waals surface area contributed by atoms with Gasteiger partial charge < -0.3 is 5.32 Å². The summed E-state index contributed by atoms with van der Waals surface area (Å²) in [6.45, 7) is 0.513. The summed E-state index contributed by atoms with van der Waals surface area (Å²) in [5.41, 5.74) is 0.687. The van der Waals surface area contributed by atoms with Crippen LogP contribution in [0.15, 0.2) is 39.7 Å². The maximum atomic E-state index is 12.3. The number of thiophene rings is 1. The molecule has 8 heteroatoms. The lowest BCUT2D eigenvalue weighted by molar-refractivity contribution is -0.105. The van der Waals surface area contributed by atoms with Crippen LogP contribution in [0.3, 0.4) is 0 Å². The molecule has 0 unspecified atom stereocenters. The second kappa shape index (κ2) is 7.26. The number of benzene rings is 1. The second-order valence-electron chi connectivity index (χ2n) is 4.09. The van der Waals surface area contributed by atoms with E-state index in [-0.39, 0.29) is 0 Å². The lowest BCUT2D eigenvalue weighted by Gasteiger charge is -2.12. The van der Waals surface area contributed by atoms with Gasteiger partial charge in [-0.15, -0.1) is 23.1 Å². The quantitative estimate of drug-likeness (QED) is 0.564. The van der Waals surface area contributed by atoms with Gasteiger partial charge in [-0.1, -0.05) is 23.7 Å². The number of thioether (sulfide) groups is 1. The molecule has 114 valence electrons. The van der Waals surface area contributed by atoms with E-state index in [1.54, 1.807) is 24.3 Å². The van der Waals surface area contributed by atoms with Gasteiger partial charge in [-0.25, -0.2) is 0 Å². The minimum absolute atomic E-state index is 0.513. The largest absolute Gasteiger partial charge is 0.398 e. The van der Waals surface area contributed by atoms with Gasteiger partial charge in [0.25, 0.3) is 0 Å². The number of hydrogen-bond donors (Lipinski definition) is 1. The van der Waals surface area contributed by atoms with E-state index < -0.39 is 11.9 Å². The highest BCUT2D eigenvalue weighted by molar-refractivity contribution is 9.10. The van der Waals surface area contributed by atoms with Crippen molar-refractivity contribution in [3.63, 3.8) is 0 Å². The van der Waals surface area contributed by atoms with Crippen LogP contribution >= 0.6 is 50.6 Å². The van der Waals surface area contributed by atoms with Crippen LogP contribution in [0.5, 0.6) is 0 Å². The van der Waals surface area contributed by atoms with E-state index in [0.717, 1.165) is 21.1 Å². The molecule has 0 saturated carbocycles. The molecule has 1 aromatic carbocycles. The number of anilines is 1. The van der Waals surface area contributed by atoms with Gasteiger partial charge in [-0.2, -0.15) is 13.2 Å². The molecule has 0 bridgehead atoms. The van der Waals surface area contributed by atoms with Crippen LogP contribution in [-0.4, -0.2) is 11.9 Å². The molecule has 1 heterocycles. The normalized spacial score (nSPS) is 11.7. The van der Waals surface area contributed by atoms with Crippen LogP contribution in [0.25, 0.3) is 0 Å². The van der Waals surface area contributed by atoms with Gasteiger partial charge >= 0.3 is 6.18 Å². The summed E-state index contributed by atoms with van der Waals surface area (Å²) >= 11 is 11.5. The zero-order chi connectivity index (χ0) is 15.5. The molecule has 0 radical (unpaired) electrons. The summed E-state index contributed by atoms with van der Waals surface area (Å²) in [7, 11) is 0. The third-order valence-electron chi connectivity index (χ3n) is 2.43. The summed E-state index contributed by atoms with van der Waals surface area (Å²) in [6, 6.07) is 8.85. The molecule has 1 aromatic heterocycles. The Labute approximate surface area is 142 Å². The summed E-state index contributed by atoms with van der Waals surface area (Å²) in [5, 5.41) is 3.15. The van der Waals surface area contributed by atoms with Gasteiger partial charge in [0.15, 0.2) is 0 Å². The van der Waals surface area contributed by atoms with Crippen LogP contribution < -0.4 is 5.32 Å². The van der Waals surface area contributed by atoms with Crippen molar-refractivity contribution in [3.05, 3.63) is 44.0 Å². The Morgan fingerprint density at radius 1 is 1.29 bits per heavy atom. The fraction of sp³-hybridized carbons (Fsp3) is 0.231. The summed E-state index contributed by atoms with van der Waals surface area (Å²) < 4.78 is 38.4. The standard InChI is InChI=1S/C13H10BrClF3NS2/c14-9-5-8(21-12(9)15)6-19-10-3-1-2-4-11(10)20-7-13(16,17)18/h1-5,19H,6-7H2. The summed E-state index contributed by atoms with van der Waals surface area (Å²) in [5.74, 6) is -0.901. The van der Waals surface area contributed by atoms with E-state index in [0.29, 0.717) is 21.5 Å². The van der Waals surface area contributed by atoms with Crippen molar-refractivity contribution in [1.82, 2.24) is 0 Å². The van der Waals surface area contributed by atoms with Crippen molar-refractivity contribution < 1.29 is 13.2 Å². The first-order valence-corrected chi connectivity index (χ1v) is 8.78. The summed E-state index contributed by atoms with van der Waals surface area (Å²) in [6.07, 6.45) is -4.18. The van der Waals surface area contributed by atoms with Crippen LogP contribution in [0.1, 0.15) is 4.88 Å². The number of hydrogen-bond acceptors (Lipinski definition) is 3. The SMILES string of the molecule is FC(F)(F)CSc1ccccc1NCc1cc(Br)c(Cl)s1. The monoisotopic (exact) mass is 415 g/mol. The third kappa shape index (κ3) is 5.39. The fourth-order valence-corrected chi connectivity index (χ4v) is 4.08. The van der Waals surface area contributed by atoms with Crippen LogP contribution in [0.2, 0.25) is 4.34 Å².